The van der Waals surface area contributed by atoms with Crippen LogP contribution in [0, 0.1) is 0 Å². The third-order valence-corrected chi connectivity index (χ3v) is 3.40. The van der Waals surface area contributed by atoms with Gasteiger partial charge in [0.2, 0.25) is 11.5 Å². The summed E-state index contributed by atoms with van der Waals surface area (Å²) in [4.78, 5) is 11.9. The second-order valence-corrected chi connectivity index (χ2v) is 4.62. The smallest absolute Gasteiger partial charge is 0.249 e. The molecule has 3 heteroatoms. The summed E-state index contributed by atoms with van der Waals surface area (Å²) in [6.07, 6.45) is 2.49. The standard InChI is InChI=1S/C14H11ClNO/c15-11-6-4-10(5-7-11)13-9-14(17)12-3-1-2-8-16(12)13/h1-8,13H,9H2/q+1. The van der Waals surface area contributed by atoms with E-state index in [1.165, 1.54) is 0 Å². The van der Waals surface area contributed by atoms with E-state index >= 15 is 0 Å². The Morgan fingerprint density at radius 1 is 1.12 bits per heavy atom. The van der Waals surface area contributed by atoms with E-state index in [2.05, 4.69) is 0 Å². The Kier molecular flexibility index (Phi) is 2.45. The highest BCUT2D eigenvalue weighted by Crippen LogP contribution is 2.25. The minimum absolute atomic E-state index is 0.107. The van der Waals surface area contributed by atoms with E-state index in [0.29, 0.717) is 6.42 Å². The third kappa shape index (κ3) is 1.75. The van der Waals surface area contributed by atoms with Gasteiger partial charge in [-0.1, -0.05) is 23.7 Å². The minimum atomic E-state index is 0.107. The average molecular weight is 245 g/mol. The van der Waals surface area contributed by atoms with Crippen molar-refractivity contribution in [3.8, 4) is 0 Å². The van der Waals surface area contributed by atoms with Crippen LogP contribution in [0.3, 0.4) is 0 Å². The predicted molar refractivity (Wildman–Crippen MR) is 65.2 cm³/mol. The third-order valence-electron chi connectivity index (χ3n) is 3.15. The normalized spacial score (nSPS) is 18.2. The summed E-state index contributed by atoms with van der Waals surface area (Å²) >= 11 is 5.87. The summed E-state index contributed by atoms with van der Waals surface area (Å²) in [7, 11) is 0. The van der Waals surface area contributed by atoms with Gasteiger partial charge in [0, 0.05) is 22.7 Å². The fraction of sp³-hybridized carbons (Fsp3) is 0.143. The fourth-order valence-corrected chi connectivity index (χ4v) is 2.43. The van der Waals surface area contributed by atoms with Crippen molar-refractivity contribution < 1.29 is 9.36 Å². The van der Waals surface area contributed by atoms with E-state index in [1.54, 1.807) is 0 Å². The summed E-state index contributed by atoms with van der Waals surface area (Å²) in [6, 6.07) is 13.5. The zero-order valence-electron chi connectivity index (χ0n) is 9.14. The number of pyridine rings is 1. The van der Waals surface area contributed by atoms with Crippen molar-refractivity contribution in [2.45, 2.75) is 12.5 Å². The number of carbonyl (C=O) groups is 1. The van der Waals surface area contributed by atoms with Crippen molar-refractivity contribution in [3.05, 3.63) is 64.9 Å². The van der Waals surface area contributed by atoms with Crippen molar-refractivity contribution in [1.82, 2.24) is 0 Å². The van der Waals surface area contributed by atoms with Crippen molar-refractivity contribution in [2.75, 3.05) is 0 Å². The van der Waals surface area contributed by atoms with Gasteiger partial charge < -0.3 is 0 Å². The molecule has 3 rings (SSSR count). The Bertz CT molecular complexity index is 577. The molecule has 0 spiro atoms. The van der Waals surface area contributed by atoms with Gasteiger partial charge >= 0.3 is 0 Å². The molecule has 2 nitrogen and oxygen atoms in total. The molecule has 1 aliphatic rings. The largest absolute Gasteiger partial charge is 0.287 e. The van der Waals surface area contributed by atoms with Crippen LogP contribution in [0.2, 0.25) is 5.02 Å². The topological polar surface area (TPSA) is 20.9 Å². The molecule has 17 heavy (non-hydrogen) atoms. The van der Waals surface area contributed by atoms with E-state index in [-0.39, 0.29) is 11.8 Å². The second-order valence-electron chi connectivity index (χ2n) is 4.19. The summed E-state index contributed by atoms with van der Waals surface area (Å²) in [5.74, 6) is 0.200. The molecule has 1 unspecified atom stereocenters. The number of Topliss-reactive ketones (excluding diaryl/α,β-unsaturated/α-hetero) is 1. The number of nitrogens with zero attached hydrogens (tertiary/aromatic N) is 1. The number of rotatable bonds is 1. The molecular weight excluding hydrogens is 234 g/mol. The Morgan fingerprint density at radius 2 is 1.88 bits per heavy atom. The first kappa shape index (κ1) is 10.5. The Labute approximate surface area is 104 Å². The van der Waals surface area contributed by atoms with Crippen molar-refractivity contribution in [2.24, 2.45) is 0 Å². The van der Waals surface area contributed by atoms with Gasteiger partial charge in [0.15, 0.2) is 12.2 Å². The molecule has 84 valence electrons. The van der Waals surface area contributed by atoms with Gasteiger partial charge in [-0.05, 0) is 18.2 Å². The molecule has 1 aromatic carbocycles. The first-order valence-corrected chi connectivity index (χ1v) is 5.92. The SMILES string of the molecule is O=C1CC(c2ccc(Cl)cc2)[n+]2ccccc21. The number of ketones is 1. The van der Waals surface area contributed by atoms with Crippen molar-refractivity contribution >= 4 is 17.4 Å². The zero-order chi connectivity index (χ0) is 11.8. The number of benzene rings is 1. The summed E-state index contributed by atoms with van der Waals surface area (Å²) in [6.45, 7) is 0. The molecule has 0 bridgehead atoms. The number of halogens is 1. The van der Waals surface area contributed by atoms with Crippen molar-refractivity contribution in [3.63, 3.8) is 0 Å². The molecule has 1 atom stereocenters. The molecular formula is C14H11ClNO+. The molecule has 2 heterocycles. The Morgan fingerprint density at radius 3 is 2.65 bits per heavy atom. The number of hydrogen-bond acceptors (Lipinski definition) is 1. The van der Waals surface area contributed by atoms with Gasteiger partial charge in [0.25, 0.3) is 0 Å². The Balaban J connectivity index is 2.07. The maximum absolute atomic E-state index is 11.9. The van der Waals surface area contributed by atoms with Gasteiger partial charge in [-0.25, -0.2) is 0 Å². The van der Waals surface area contributed by atoms with Crippen LogP contribution in [0.1, 0.15) is 28.5 Å². The first-order valence-electron chi connectivity index (χ1n) is 5.54. The number of fused-ring (bicyclic) bond motifs is 1. The van der Waals surface area contributed by atoms with Crippen LogP contribution in [0.25, 0.3) is 0 Å². The van der Waals surface area contributed by atoms with Gasteiger partial charge in [-0.15, -0.1) is 0 Å². The predicted octanol–water partition coefficient (Wildman–Crippen LogP) is 2.80. The van der Waals surface area contributed by atoms with E-state index in [0.717, 1.165) is 16.3 Å². The van der Waals surface area contributed by atoms with Crippen LogP contribution >= 0.6 is 11.6 Å². The highest BCUT2D eigenvalue weighted by atomic mass is 35.5. The molecule has 1 aliphatic heterocycles. The lowest BCUT2D eigenvalue weighted by Crippen LogP contribution is -2.38. The van der Waals surface area contributed by atoms with Crippen LogP contribution in [0.4, 0.5) is 0 Å². The number of hydrogen-bond donors (Lipinski definition) is 0. The van der Waals surface area contributed by atoms with Gasteiger partial charge in [0.1, 0.15) is 0 Å². The molecule has 0 aliphatic carbocycles. The Hall–Kier alpha value is -1.67. The summed E-state index contributed by atoms with van der Waals surface area (Å²) in [5.41, 5.74) is 1.91. The molecule has 0 N–H and O–H groups in total. The van der Waals surface area contributed by atoms with Crippen LogP contribution in [-0.2, 0) is 0 Å². The first-order chi connectivity index (χ1) is 8.25. The number of carbonyl (C=O) groups excluding carboxylic acids is 1. The summed E-state index contributed by atoms with van der Waals surface area (Å²) < 4.78 is 2.03. The molecule has 0 amide bonds. The van der Waals surface area contributed by atoms with E-state index in [1.807, 2.05) is 53.2 Å². The maximum atomic E-state index is 11.9. The lowest BCUT2D eigenvalue weighted by molar-refractivity contribution is -0.706. The molecule has 0 fully saturated rings. The van der Waals surface area contributed by atoms with Gasteiger partial charge in [-0.2, -0.15) is 4.57 Å². The van der Waals surface area contributed by atoms with Crippen molar-refractivity contribution in [1.29, 1.82) is 0 Å². The second kappa shape index (κ2) is 3.97. The summed E-state index contributed by atoms with van der Waals surface area (Å²) in [5, 5.41) is 0.719. The molecule has 0 radical (unpaired) electrons. The molecule has 0 saturated carbocycles. The molecule has 2 aromatic rings. The van der Waals surface area contributed by atoms with Crippen LogP contribution in [0.5, 0.6) is 0 Å². The quantitative estimate of drug-likeness (QED) is 0.707. The highest BCUT2D eigenvalue weighted by Gasteiger charge is 2.37. The number of aromatic nitrogens is 1. The highest BCUT2D eigenvalue weighted by molar-refractivity contribution is 6.30. The van der Waals surface area contributed by atoms with Gasteiger partial charge in [0.05, 0.1) is 6.42 Å². The van der Waals surface area contributed by atoms with Crippen LogP contribution < -0.4 is 4.57 Å². The maximum Gasteiger partial charge on any atom is 0.249 e. The lowest BCUT2D eigenvalue weighted by atomic mass is 10.0. The minimum Gasteiger partial charge on any atom is -0.287 e. The monoisotopic (exact) mass is 244 g/mol. The fourth-order valence-electron chi connectivity index (χ4n) is 2.31. The molecule has 1 aromatic heterocycles. The molecule has 0 saturated heterocycles. The van der Waals surface area contributed by atoms with E-state index in [9.17, 15) is 4.79 Å². The zero-order valence-corrected chi connectivity index (χ0v) is 9.89. The lowest BCUT2D eigenvalue weighted by Gasteiger charge is -2.05. The van der Waals surface area contributed by atoms with Crippen LogP contribution in [-0.4, -0.2) is 5.78 Å². The van der Waals surface area contributed by atoms with Gasteiger partial charge in [-0.3, -0.25) is 4.79 Å². The van der Waals surface area contributed by atoms with E-state index < -0.39 is 0 Å². The average Bonchev–Trinajstić information content (AvgIpc) is 2.69. The van der Waals surface area contributed by atoms with Crippen LogP contribution in [0.15, 0.2) is 48.7 Å². The van der Waals surface area contributed by atoms with E-state index in [4.69, 9.17) is 11.6 Å².